The summed E-state index contributed by atoms with van der Waals surface area (Å²) in [5, 5.41) is 4.54. The van der Waals surface area contributed by atoms with Crippen LogP contribution in [0.2, 0.25) is 0 Å². The molecular formula is C24H26N4O2. The van der Waals surface area contributed by atoms with Crippen molar-refractivity contribution in [3.8, 4) is 5.69 Å². The average Bonchev–Trinajstić information content (AvgIpc) is 2.99. The third-order valence-electron chi connectivity index (χ3n) is 5.44. The van der Waals surface area contributed by atoms with Gasteiger partial charge in [-0.3, -0.25) is 9.59 Å². The first kappa shape index (κ1) is 19.9. The van der Waals surface area contributed by atoms with Gasteiger partial charge in [0.05, 0.1) is 5.69 Å². The predicted octanol–water partition coefficient (Wildman–Crippen LogP) is 3.48. The smallest absolute Gasteiger partial charge is 0.274 e. The van der Waals surface area contributed by atoms with Crippen LogP contribution in [0.5, 0.6) is 0 Å². The SMILES string of the molecule is Cc1cccc(C(=O)N2CCCN(C(=O)c3cc(C)n(-c4ccccc4)n3)CC2)c1. The maximum atomic E-state index is 13.1. The highest BCUT2D eigenvalue weighted by Gasteiger charge is 2.25. The lowest BCUT2D eigenvalue weighted by atomic mass is 10.1. The van der Waals surface area contributed by atoms with Gasteiger partial charge in [0.15, 0.2) is 5.69 Å². The minimum atomic E-state index is -0.0855. The fourth-order valence-corrected chi connectivity index (χ4v) is 3.86. The van der Waals surface area contributed by atoms with Crippen molar-refractivity contribution >= 4 is 11.8 Å². The largest absolute Gasteiger partial charge is 0.337 e. The molecule has 6 nitrogen and oxygen atoms in total. The lowest BCUT2D eigenvalue weighted by Gasteiger charge is -2.22. The van der Waals surface area contributed by atoms with Crippen molar-refractivity contribution in [2.45, 2.75) is 20.3 Å². The number of aromatic nitrogens is 2. The van der Waals surface area contributed by atoms with E-state index in [2.05, 4.69) is 5.10 Å². The zero-order chi connectivity index (χ0) is 21.1. The zero-order valence-electron chi connectivity index (χ0n) is 17.4. The van der Waals surface area contributed by atoms with E-state index < -0.39 is 0 Å². The Morgan fingerprint density at radius 1 is 0.800 bits per heavy atom. The van der Waals surface area contributed by atoms with Gasteiger partial charge in [-0.05, 0) is 50.6 Å². The summed E-state index contributed by atoms with van der Waals surface area (Å²) >= 11 is 0. The van der Waals surface area contributed by atoms with Gasteiger partial charge in [-0.2, -0.15) is 5.10 Å². The molecule has 30 heavy (non-hydrogen) atoms. The predicted molar refractivity (Wildman–Crippen MR) is 116 cm³/mol. The molecule has 154 valence electrons. The van der Waals surface area contributed by atoms with Crippen molar-refractivity contribution in [1.82, 2.24) is 19.6 Å². The molecule has 0 N–H and O–H groups in total. The van der Waals surface area contributed by atoms with E-state index in [4.69, 9.17) is 0 Å². The average molecular weight is 402 g/mol. The first-order valence-electron chi connectivity index (χ1n) is 10.3. The fraction of sp³-hybridized carbons (Fsp3) is 0.292. The van der Waals surface area contributed by atoms with Crippen LogP contribution in [0.4, 0.5) is 0 Å². The molecule has 1 saturated heterocycles. The van der Waals surface area contributed by atoms with Gasteiger partial charge in [-0.1, -0.05) is 35.9 Å². The first-order valence-corrected chi connectivity index (χ1v) is 10.3. The molecule has 2 heterocycles. The second-order valence-corrected chi connectivity index (χ2v) is 7.73. The van der Waals surface area contributed by atoms with Gasteiger partial charge in [0.2, 0.25) is 0 Å². The monoisotopic (exact) mass is 402 g/mol. The molecule has 4 rings (SSSR count). The Kier molecular flexibility index (Phi) is 5.65. The van der Waals surface area contributed by atoms with E-state index in [0.29, 0.717) is 37.4 Å². The maximum absolute atomic E-state index is 13.1. The highest BCUT2D eigenvalue weighted by atomic mass is 16.2. The normalized spacial score (nSPS) is 14.5. The second-order valence-electron chi connectivity index (χ2n) is 7.73. The Hall–Kier alpha value is -3.41. The molecule has 2 amide bonds. The molecule has 1 aliphatic heterocycles. The number of rotatable bonds is 3. The number of carbonyl (C=O) groups is 2. The summed E-state index contributed by atoms with van der Waals surface area (Å²) in [6, 6.07) is 19.3. The highest BCUT2D eigenvalue weighted by molar-refractivity contribution is 5.95. The van der Waals surface area contributed by atoms with E-state index in [9.17, 15) is 9.59 Å². The maximum Gasteiger partial charge on any atom is 0.274 e. The van der Waals surface area contributed by atoms with Gasteiger partial charge in [0.1, 0.15) is 0 Å². The van der Waals surface area contributed by atoms with Crippen molar-refractivity contribution in [2.75, 3.05) is 26.2 Å². The second kappa shape index (κ2) is 8.53. The molecule has 0 radical (unpaired) electrons. The van der Waals surface area contributed by atoms with Crippen LogP contribution < -0.4 is 0 Å². The van der Waals surface area contributed by atoms with Crippen LogP contribution in [-0.2, 0) is 0 Å². The van der Waals surface area contributed by atoms with Crippen molar-refractivity contribution in [3.05, 3.63) is 83.2 Å². The van der Waals surface area contributed by atoms with E-state index in [1.807, 2.05) is 79.4 Å². The third-order valence-corrected chi connectivity index (χ3v) is 5.44. The van der Waals surface area contributed by atoms with Crippen molar-refractivity contribution in [2.24, 2.45) is 0 Å². The van der Waals surface area contributed by atoms with Crippen LogP contribution >= 0.6 is 0 Å². The molecule has 0 bridgehead atoms. The Morgan fingerprint density at radius 2 is 1.50 bits per heavy atom. The van der Waals surface area contributed by atoms with Crippen LogP contribution in [0.1, 0.15) is 38.5 Å². The molecule has 1 aliphatic rings. The minimum absolute atomic E-state index is 0.0252. The first-order chi connectivity index (χ1) is 14.5. The van der Waals surface area contributed by atoms with E-state index in [1.54, 1.807) is 9.58 Å². The number of carbonyl (C=O) groups excluding carboxylic acids is 2. The van der Waals surface area contributed by atoms with Crippen LogP contribution in [0.25, 0.3) is 5.69 Å². The molecule has 0 atom stereocenters. The van der Waals surface area contributed by atoms with E-state index in [1.165, 1.54) is 0 Å². The molecule has 1 aromatic heterocycles. The number of aryl methyl sites for hydroxylation is 2. The fourth-order valence-electron chi connectivity index (χ4n) is 3.86. The van der Waals surface area contributed by atoms with Gasteiger partial charge in [0, 0.05) is 37.4 Å². The number of hydrogen-bond donors (Lipinski definition) is 0. The van der Waals surface area contributed by atoms with Crippen molar-refractivity contribution in [1.29, 1.82) is 0 Å². The molecule has 0 spiro atoms. The lowest BCUT2D eigenvalue weighted by Crippen LogP contribution is -2.37. The number of para-hydroxylation sites is 1. The molecule has 6 heteroatoms. The molecule has 1 fully saturated rings. The molecule has 3 aromatic rings. The third kappa shape index (κ3) is 4.13. The van der Waals surface area contributed by atoms with Gasteiger partial charge >= 0.3 is 0 Å². The summed E-state index contributed by atoms with van der Waals surface area (Å²) in [7, 11) is 0. The highest BCUT2D eigenvalue weighted by Crippen LogP contribution is 2.16. The number of amides is 2. The Labute approximate surface area is 176 Å². The Bertz CT molecular complexity index is 1060. The number of benzene rings is 2. The van der Waals surface area contributed by atoms with Crippen LogP contribution in [0, 0.1) is 13.8 Å². The topological polar surface area (TPSA) is 58.4 Å². The summed E-state index contributed by atoms with van der Waals surface area (Å²) in [4.78, 5) is 29.6. The van der Waals surface area contributed by atoms with Gasteiger partial charge < -0.3 is 9.80 Å². The lowest BCUT2D eigenvalue weighted by molar-refractivity contribution is 0.0715. The number of nitrogens with zero attached hydrogens (tertiary/aromatic N) is 4. The standard InChI is InChI=1S/C24H26N4O2/c1-18-8-6-9-20(16-18)23(29)26-12-7-13-27(15-14-26)24(30)22-17-19(2)28(25-22)21-10-4-3-5-11-21/h3-6,8-11,16-17H,7,12-15H2,1-2H3. The molecule has 2 aromatic carbocycles. The Balaban J connectivity index is 1.46. The van der Waals surface area contributed by atoms with E-state index in [0.717, 1.165) is 23.4 Å². The molecule has 0 aliphatic carbocycles. The van der Waals surface area contributed by atoms with Crippen LogP contribution in [-0.4, -0.2) is 57.6 Å². The Morgan fingerprint density at radius 3 is 2.20 bits per heavy atom. The zero-order valence-corrected chi connectivity index (χ0v) is 17.4. The minimum Gasteiger partial charge on any atom is -0.337 e. The summed E-state index contributed by atoms with van der Waals surface area (Å²) in [6.07, 6.45) is 0.752. The summed E-state index contributed by atoms with van der Waals surface area (Å²) in [5.41, 5.74) is 4.05. The van der Waals surface area contributed by atoms with Gasteiger partial charge in [0.25, 0.3) is 11.8 Å². The summed E-state index contributed by atoms with van der Waals surface area (Å²) in [6.45, 7) is 6.23. The quantitative estimate of drug-likeness (QED) is 0.674. The summed E-state index contributed by atoms with van der Waals surface area (Å²) < 4.78 is 1.79. The van der Waals surface area contributed by atoms with Gasteiger partial charge in [-0.25, -0.2) is 4.68 Å². The molecule has 0 unspecified atom stereocenters. The summed E-state index contributed by atoms with van der Waals surface area (Å²) in [5.74, 6) is -0.0603. The van der Waals surface area contributed by atoms with E-state index in [-0.39, 0.29) is 11.8 Å². The van der Waals surface area contributed by atoms with E-state index >= 15 is 0 Å². The van der Waals surface area contributed by atoms with Crippen LogP contribution in [0.15, 0.2) is 60.7 Å². The van der Waals surface area contributed by atoms with Crippen molar-refractivity contribution in [3.63, 3.8) is 0 Å². The van der Waals surface area contributed by atoms with Gasteiger partial charge in [-0.15, -0.1) is 0 Å². The molecule has 0 saturated carbocycles. The molecular weight excluding hydrogens is 376 g/mol. The number of hydrogen-bond acceptors (Lipinski definition) is 3. The van der Waals surface area contributed by atoms with Crippen molar-refractivity contribution < 1.29 is 9.59 Å². The van der Waals surface area contributed by atoms with Crippen LogP contribution in [0.3, 0.4) is 0 Å².